The molecular formula is C18H17N3O5S. The van der Waals surface area contributed by atoms with Crippen LogP contribution in [0.1, 0.15) is 15.9 Å². The van der Waals surface area contributed by atoms with E-state index in [1.165, 1.54) is 12.1 Å². The van der Waals surface area contributed by atoms with Crippen molar-refractivity contribution in [3.05, 3.63) is 59.0 Å². The Labute approximate surface area is 159 Å². The summed E-state index contributed by atoms with van der Waals surface area (Å²) < 4.78 is 4.76. The van der Waals surface area contributed by atoms with Gasteiger partial charge in [0.1, 0.15) is 11.5 Å². The van der Waals surface area contributed by atoms with Gasteiger partial charge in [0.15, 0.2) is 6.61 Å². The summed E-state index contributed by atoms with van der Waals surface area (Å²) in [5.41, 5.74) is 6.19. The van der Waals surface area contributed by atoms with Gasteiger partial charge >= 0.3 is 5.97 Å². The van der Waals surface area contributed by atoms with E-state index in [0.29, 0.717) is 0 Å². The number of hydrogen-bond acceptors (Lipinski definition) is 6. The molecule has 2 rings (SSSR count). The number of amides is 3. The first kappa shape index (κ1) is 19.9. The first-order chi connectivity index (χ1) is 13.0. The SMILES string of the molecule is NC(=O)c1ccsc1NC(=O)COC(=O)CNC(=O)/C=C/c1ccccc1. The Bertz CT molecular complexity index is 861. The molecule has 140 valence electrons. The second kappa shape index (κ2) is 9.88. The number of thiophene rings is 1. The average Bonchev–Trinajstić information content (AvgIpc) is 3.12. The van der Waals surface area contributed by atoms with Gasteiger partial charge in [-0.2, -0.15) is 0 Å². The fourth-order valence-corrected chi connectivity index (χ4v) is 2.72. The van der Waals surface area contributed by atoms with E-state index in [0.717, 1.165) is 16.9 Å². The van der Waals surface area contributed by atoms with Crippen molar-refractivity contribution < 1.29 is 23.9 Å². The lowest BCUT2D eigenvalue weighted by molar-refractivity contribution is -0.146. The Balaban J connectivity index is 1.70. The number of carbonyl (C=O) groups is 4. The van der Waals surface area contributed by atoms with E-state index in [1.54, 1.807) is 11.5 Å². The molecule has 3 amide bonds. The molecule has 27 heavy (non-hydrogen) atoms. The lowest BCUT2D eigenvalue weighted by Crippen LogP contribution is -2.31. The van der Waals surface area contributed by atoms with Crippen LogP contribution in [0.2, 0.25) is 0 Å². The molecule has 0 fully saturated rings. The van der Waals surface area contributed by atoms with Crippen LogP contribution in [-0.2, 0) is 19.1 Å². The van der Waals surface area contributed by atoms with Crippen molar-refractivity contribution >= 4 is 46.1 Å². The molecule has 1 heterocycles. The molecular weight excluding hydrogens is 370 g/mol. The lowest BCUT2D eigenvalue weighted by Gasteiger charge is -2.06. The van der Waals surface area contributed by atoms with E-state index in [9.17, 15) is 19.2 Å². The van der Waals surface area contributed by atoms with Crippen LogP contribution in [0.4, 0.5) is 5.00 Å². The third-order valence-electron chi connectivity index (χ3n) is 3.18. The predicted molar refractivity (Wildman–Crippen MR) is 101 cm³/mol. The van der Waals surface area contributed by atoms with Crippen LogP contribution in [0.5, 0.6) is 0 Å². The number of carbonyl (C=O) groups excluding carboxylic acids is 4. The zero-order valence-electron chi connectivity index (χ0n) is 14.1. The molecule has 0 aliphatic carbocycles. The monoisotopic (exact) mass is 387 g/mol. The van der Waals surface area contributed by atoms with Crippen molar-refractivity contribution in [3.63, 3.8) is 0 Å². The van der Waals surface area contributed by atoms with Crippen molar-refractivity contribution in [1.82, 2.24) is 5.32 Å². The van der Waals surface area contributed by atoms with E-state index < -0.39 is 30.3 Å². The van der Waals surface area contributed by atoms with Gasteiger partial charge in [-0.15, -0.1) is 11.3 Å². The molecule has 9 heteroatoms. The Hall–Kier alpha value is -3.46. The molecule has 0 atom stereocenters. The highest BCUT2D eigenvalue weighted by Gasteiger charge is 2.14. The number of esters is 1. The molecule has 4 N–H and O–H groups in total. The molecule has 8 nitrogen and oxygen atoms in total. The van der Waals surface area contributed by atoms with Gasteiger partial charge in [-0.25, -0.2) is 0 Å². The normalized spacial score (nSPS) is 10.4. The van der Waals surface area contributed by atoms with E-state index in [2.05, 4.69) is 10.6 Å². The maximum absolute atomic E-state index is 11.8. The molecule has 0 bridgehead atoms. The van der Waals surface area contributed by atoms with Crippen molar-refractivity contribution in [1.29, 1.82) is 0 Å². The second-order valence-corrected chi connectivity index (χ2v) is 6.11. The maximum atomic E-state index is 11.8. The number of anilines is 1. The number of rotatable bonds is 8. The summed E-state index contributed by atoms with van der Waals surface area (Å²) >= 11 is 1.12. The minimum atomic E-state index is -0.770. The summed E-state index contributed by atoms with van der Waals surface area (Å²) in [6, 6.07) is 10.7. The van der Waals surface area contributed by atoms with Crippen LogP contribution >= 0.6 is 11.3 Å². The van der Waals surface area contributed by atoms with Crippen molar-refractivity contribution in [2.24, 2.45) is 5.73 Å². The molecule has 0 saturated heterocycles. The third-order valence-corrected chi connectivity index (χ3v) is 4.01. The highest BCUT2D eigenvalue weighted by atomic mass is 32.1. The quantitative estimate of drug-likeness (QED) is 0.463. The Morgan fingerprint density at radius 3 is 2.56 bits per heavy atom. The molecule has 0 saturated carbocycles. The van der Waals surface area contributed by atoms with Gasteiger partial charge in [-0.3, -0.25) is 19.2 Å². The van der Waals surface area contributed by atoms with Gasteiger partial charge in [-0.05, 0) is 23.1 Å². The Kier molecular flexibility index (Phi) is 7.26. The van der Waals surface area contributed by atoms with E-state index in [-0.39, 0.29) is 17.1 Å². The summed E-state index contributed by atoms with van der Waals surface area (Å²) in [4.78, 5) is 46.2. The van der Waals surface area contributed by atoms with Crippen LogP contribution in [0.3, 0.4) is 0 Å². The van der Waals surface area contributed by atoms with Gasteiger partial charge in [0.25, 0.3) is 11.8 Å². The second-order valence-electron chi connectivity index (χ2n) is 5.20. The largest absolute Gasteiger partial charge is 0.454 e. The molecule has 0 aliphatic rings. The van der Waals surface area contributed by atoms with Crippen molar-refractivity contribution in [2.75, 3.05) is 18.5 Å². The topological polar surface area (TPSA) is 128 Å². The van der Waals surface area contributed by atoms with Crippen molar-refractivity contribution in [2.45, 2.75) is 0 Å². The maximum Gasteiger partial charge on any atom is 0.325 e. The first-order valence-corrected chi connectivity index (χ1v) is 8.67. The number of ether oxygens (including phenoxy) is 1. The van der Waals surface area contributed by atoms with E-state index in [1.807, 2.05) is 30.3 Å². The van der Waals surface area contributed by atoms with E-state index >= 15 is 0 Å². The molecule has 1 aromatic heterocycles. The van der Waals surface area contributed by atoms with Gasteiger partial charge in [0.05, 0.1) is 5.56 Å². The summed E-state index contributed by atoms with van der Waals surface area (Å²) in [5, 5.41) is 6.67. The van der Waals surface area contributed by atoms with Crippen LogP contribution < -0.4 is 16.4 Å². The molecule has 0 radical (unpaired) electrons. The summed E-state index contributed by atoms with van der Waals surface area (Å²) in [5.74, 6) is -2.53. The fraction of sp³-hybridized carbons (Fsp3) is 0.111. The van der Waals surface area contributed by atoms with Crippen LogP contribution in [0.15, 0.2) is 47.9 Å². The number of primary amides is 1. The van der Waals surface area contributed by atoms with Gasteiger partial charge in [0, 0.05) is 6.08 Å². The Morgan fingerprint density at radius 2 is 1.85 bits per heavy atom. The number of nitrogens with one attached hydrogen (secondary N) is 2. The van der Waals surface area contributed by atoms with Gasteiger partial charge in [-0.1, -0.05) is 30.3 Å². The number of benzene rings is 1. The molecule has 0 unspecified atom stereocenters. The first-order valence-electron chi connectivity index (χ1n) is 7.79. The zero-order valence-corrected chi connectivity index (χ0v) is 15.0. The third kappa shape index (κ3) is 6.75. The zero-order chi connectivity index (χ0) is 19.6. The summed E-state index contributed by atoms with van der Waals surface area (Å²) in [7, 11) is 0. The minimum Gasteiger partial charge on any atom is -0.454 e. The summed E-state index contributed by atoms with van der Waals surface area (Å²) in [6.45, 7) is -0.929. The van der Waals surface area contributed by atoms with Gasteiger partial charge < -0.3 is 21.1 Å². The van der Waals surface area contributed by atoms with Crippen molar-refractivity contribution in [3.8, 4) is 0 Å². The molecule has 1 aromatic carbocycles. The molecule has 0 aliphatic heterocycles. The lowest BCUT2D eigenvalue weighted by atomic mass is 10.2. The molecule has 0 spiro atoms. The smallest absolute Gasteiger partial charge is 0.325 e. The highest BCUT2D eigenvalue weighted by Crippen LogP contribution is 2.22. The minimum absolute atomic E-state index is 0.178. The fourth-order valence-electron chi connectivity index (χ4n) is 1.91. The van der Waals surface area contributed by atoms with E-state index in [4.69, 9.17) is 10.5 Å². The van der Waals surface area contributed by atoms with Gasteiger partial charge in [0.2, 0.25) is 5.91 Å². The average molecular weight is 387 g/mol. The number of hydrogen-bond donors (Lipinski definition) is 3. The summed E-state index contributed by atoms with van der Waals surface area (Å²) in [6.07, 6.45) is 2.89. The highest BCUT2D eigenvalue weighted by molar-refractivity contribution is 7.14. The van der Waals surface area contributed by atoms with Crippen LogP contribution in [-0.4, -0.2) is 36.8 Å². The van der Waals surface area contributed by atoms with Crippen LogP contribution in [0.25, 0.3) is 6.08 Å². The number of nitrogens with two attached hydrogens (primary N) is 1. The predicted octanol–water partition coefficient (Wildman–Crippen LogP) is 1.16. The standard InChI is InChI=1S/C18H17N3O5S/c19-17(25)13-8-9-27-18(13)21-15(23)11-26-16(24)10-20-14(22)7-6-12-4-2-1-3-5-12/h1-9H,10-11H2,(H2,19,25)(H,20,22)(H,21,23)/b7-6+. The Morgan fingerprint density at radius 1 is 1.11 bits per heavy atom. The van der Waals surface area contributed by atoms with Crippen LogP contribution in [0, 0.1) is 0 Å². The molecule has 2 aromatic rings.